The second-order valence-corrected chi connectivity index (χ2v) is 5.30. The summed E-state index contributed by atoms with van der Waals surface area (Å²) in [7, 11) is 0. The molecule has 110 valence electrons. The summed E-state index contributed by atoms with van der Waals surface area (Å²) in [6, 6.07) is 5.48. The van der Waals surface area contributed by atoms with Gasteiger partial charge >= 0.3 is 5.97 Å². The molecule has 0 aliphatic rings. The minimum Gasteiger partial charge on any atom is -0.465 e. The molecule has 0 heterocycles. The Morgan fingerprint density at radius 3 is 2.60 bits per heavy atom. The molecular weight excluding hydrogens is 322 g/mol. The fourth-order valence-corrected chi connectivity index (χ4v) is 2.26. The molecule has 0 unspecified atom stereocenters. The van der Waals surface area contributed by atoms with E-state index in [-0.39, 0.29) is 18.4 Å². The Kier molecular flexibility index (Phi) is 6.71. The van der Waals surface area contributed by atoms with Crippen LogP contribution in [0.5, 0.6) is 0 Å². The highest BCUT2D eigenvalue weighted by Gasteiger charge is 2.20. The van der Waals surface area contributed by atoms with Gasteiger partial charge in [-0.3, -0.25) is 9.59 Å². The normalized spacial score (nSPS) is 10.2. The van der Waals surface area contributed by atoms with Crippen LogP contribution >= 0.6 is 15.9 Å². The summed E-state index contributed by atoms with van der Waals surface area (Å²) in [5.74, 6) is -0.513. The van der Waals surface area contributed by atoms with E-state index in [0.29, 0.717) is 18.7 Å². The highest BCUT2D eigenvalue weighted by molar-refractivity contribution is 9.10. The molecule has 0 radical (unpaired) electrons. The molecule has 1 amide bonds. The molecule has 0 saturated carbocycles. The Hall–Kier alpha value is -1.36. The predicted molar refractivity (Wildman–Crippen MR) is 81.7 cm³/mol. The van der Waals surface area contributed by atoms with Crippen LogP contribution in [0.4, 0.5) is 0 Å². The number of halogens is 1. The van der Waals surface area contributed by atoms with Gasteiger partial charge in [0.15, 0.2) is 0 Å². The number of hydrogen-bond acceptors (Lipinski definition) is 3. The number of carbonyl (C=O) groups is 2. The number of benzene rings is 1. The average Bonchev–Trinajstić information content (AvgIpc) is 2.41. The molecule has 0 aromatic heterocycles. The summed E-state index contributed by atoms with van der Waals surface area (Å²) in [5.41, 5.74) is 1.49. The van der Waals surface area contributed by atoms with E-state index in [4.69, 9.17) is 4.74 Å². The first kappa shape index (κ1) is 16.7. The number of esters is 1. The van der Waals surface area contributed by atoms with Crippen LogP contribution in [0.3, 0.4) is 0 Å². The van der Waals surface area contributed by atoms with Crippen molar-refractivity contribution < 1.29 is 14.3 Å². The van der Waals surface area contributed by atoms with E-state index in [1.165, 1.54) is 4.90 Å². The van der Waals surface area contributed by atoms with Crippen LogP contribution in [-0.4, -0.2) is 36.5 Å². The molecule has 0 spiro atoms. The summed E-state index contributed by atoms with van der Waals surface area (Å²) < 4.78 is 5.80. The predicted octanol–water partition coefficient (Wildman–Crippen LogP) is 3.17. The number of hydrogen-bond donors (Lipinski definition) is 0. The first-order chi connectivity index (χ1) is 9.51. The van der Waals surface area contributed by atoms with Crippen LogP contribution in [0, 0.1) is 6.92 Å². The van der Waals surface area contributed by atoms with Gasteiger partial charge in [0.2, 0.25) is 0 Å². The van der Waals surface area contributed by atoms with Crippen molar-refractivity contribution in [1.29, 1.82) is 0 Å². The maximum Gasteiger partial charge on any atom is 0.325 e. The van der Waals surface area contributed by atoms with Gasteiger partial charge in [-0.25, -0.2) is 0 Å². The zero-order valence-corrected chi connectivity index (χ0v) is 13.7. The van der Waals surface area contributed by atoms with Gasteiger partial charge in [0.1, 0.15) is 6.54 Å². The number of nitrogens with zero attached hydrogens (tertiary/aromatic N) is 1. The van der Waals surface area contributed by atoms with Crippen LogP contribution < -0.4 is 0 Å². The summed E-state index contributed by atoms with van der Waals surface area (Å²) in [6.45, 7) is 6.45. The Balaban J connectivity index is 2.93. The van der Waals surface area contributed by atoms with Crippen LogP contribution in [0.1, 0.15) is 36.2 Å². The zero-order chi connectivity index (χ0) is 15.1. The molecular formula is C15H20BrNO3. The molecule has 1 rings (SSSR count). The Labute approximate surface area is 128 Å². The standard InChI is InChI=1S/C15H20BrNO3/c1-4-9-17(10-14(18)20-5-2)15(19)12-7-6-8-13(16)11(12)3/h6-8H,4-5,9-10H2,1-3H3. The van der Waals surface area contributed by atoms with Gasteiger partial charge in [0.25, 0.3) is 5.91 Å². The van der Waals surface area contributed by atoms with Crippen LogP contribution in [0.15, 0.2) is 22.7 Å². The molecule has 20 heavy (non-hydrogen) atoms. The summed E-state index contributed by atoms with van der Waals surface area (Å²) in [5, 5.41) is 0. The van der Waals surface area contributed by atoms with Crippen molar-refractivity contribution in [1.82, 2.24) is 4.90 Å². The van der Waals surface area contributed by atoms with E-state index in [0.717, 1.165) is 16.5 Å². The van der Waals surface area contributed by atoms with Crippen molar-refractivity contribution >= 4 is 27.8 Å². The lowest BCUT2D eigenvalue weighted by molar-refractivity contribution is -0.143. The molecule has 1 aromatic rings. The third-order valence-electron chi connectivity index (χ3n) is 2.90. The smallest absolute Gasteiger partial charge is 0.325 e. The highest BCUT2D eigenvalue weighted by atomic mass is 79.9. The van der Waals surface area contributed by atoms with Gasteiger partial charge in [-0.2, -0.15) is 0 Å². The van der Waals surface area contributed by atoms with E-state index in [9.17, 15) is 9.59 Å². The monoisotopic (exact) mass is 341 g/mol. The van der Waals surface area contributed by atoms with Gasteiger partial charge in [-0.15, -0.1) is 0 Å². The Morgan fingerprint density at radius 2 is 2.00 bits per heavy atom. The van der Waals surface area contributed by atoms with Crippen LogP contribution in [-0.2, 0) is 9.53 Å². The summed E-state index contributed by atoms with van der Waals surface area (Å²) >= 11 is 3.42. The summed E-state index contributed by atoms with van der Waals surface area (Å²) in [6.07, 6.45) is 0.790. The number of amides is 1. The third-order valence-corrected chi connectivity index (χ3v) is 3.76. The Bertz CT molecular complexity index is 488. The van der Waals surface area contributed by atoms with Gasteiger partial charge in [0.05, 0.1) is 6.61 Å². The van der Waals surface area contributed by atoms with Gasteiger partial charge in [-0.1, -0.05) is 28.9 Å². The van der Waals surface area contributed by atoms with E-state index < -0.39 is 0 Å². The minimum atomic E-state index is -0.373. The molecule has 0 aliphatic heterocycles. The molecule has 5 heteroatoms. The quantitative estimate of drug-likeness (QED) is 0.746. The van der Waals surface area contributed by atoms with Crippen LogP contribution in [0.2, 0.25) is 0 Å². The van der Waals surface area contributed by atoms with Gasteiger partial charge in [-0.05, 0) is 38.0 Å². The molecule has 0 N–H and O–H groups in total. The Morgan fingerprint density at radius 1 is 1.30 bits per heavy atom. The minimum absolute atomic E-state index is 0.00747. The van der Waals surface area contributed by atoms with E-state index in [2.05, 4.69) is 15.9 Å². The van der Waals surface area contributed by atoms with Gasteiger partial charge in [0, 0.05) is 16.6 Å². The third kappa shape index (κ3) is 4.34. The fraction of sp³-hybridized carbons (Fsp3) is 0.467. The summed E-state index contributed by atoms with van der Waals surface area (Å²) in [4.78, 5) is 25.7. The zero-order valence-electron chi connectivity index (χ0n) is 12.1. The first-order valence-electron chi connectivity index (χ1n) is 6.71. The van der Waals surface area contributed by atoms with Crippen molar-refractivity contribution in [2.24, 2.45) is 0 Å². The first-order valence-corrected chi connectivity index (χ1v) is 7.50. The topological polar surface area (TPSA) is 46.6 Å². The number of carbonyl (C=O) groups excluding carboxylic acids is 2. The van der Waals surface area contributed by atoms with E-state index >= 15 is 0 Å². The molecule has 0 saturated heterocycles. The molecule has 1 aromatic carbocycles. The largest absolute Gasteiger partial charge is 0.465 e. The maximum atomic E-state index is 12.5. The maximum absolute atomic E-state index is 12.5. The van der Waals surface area contributed by atoms with Crippen molar-refractivity contribution in [3.8, 4) is 0 Å². The van der Waals surface area contributed by atoms with Crippen LogP contribution in [0.25, 0.3) is 0 Å². The second-order valence-electron chi connectivity index (χ2n) is 4.44. The SMILES string of the molecule is CCCN(CC(=O)OCC)C(=O)c1cccc(Br)c1C. The van der Waals surface area contributed by atoms with E-state index in [1.807, 2.05) is 26.0 Å². The highest BCUT2D eigenvalue weighted by Crippen LogP contribution is 2.20. The molecule has 0 atom stereocenters. The molecule has 0 bridgehead atoms. The lowest BCUT2D eigenvalue weighted by Gasteiger charge is -2.22. The fourth-order valence-electron chi connectivity index (χ4n) is 1.89. The van der Waals surface area contributed by atoms with E-state index in [1.54, 1.807) is 13.0 Å². The number of rotatable bonds is 6. The van der Waals surface area contributed by atoms with Crippen molar-refractivity contribution in [2.45, 2.75) is 27.2 Å². The van der Waals surface area contributed by atoms with Crippen molar-refractivity contribution in [2.75, 3.05) is 19.7 Å². The van der Waals surface area contributed by atoms with Crippen molar-refractivity contribution in [3.05, 3.63) is 33.8 Å². The lowest BCUT2D eigenvalue weighted by atomic mass is 10.1. The molecule has 4 nitrogen and oxygen atoms in total. The lowest BCUT2D eigenvalue weighted by Crippen LogP contribution is -2.37. The van der Waals surface area contributed by atoms with Gasteiger partial charge < -0.3 is 9.64 Å². The second kappa shape index (κ2) is 8.04. The average molecular weight is 342 g/mol. The molecule has 0 fully saturated rings. The van der Waals surface area contributed by atoms with Crippen molar-refractivity contribution in [3.63, 3.8) is 0 Å². The number of ether oxygens (including phenoxy) is 1. The molecule has 0 aliphatic carbocycles.